The Morgan fingerprint density at radius 2 is 1.97 bits per heavy atom. The third kappa shape index (κ3) is 3.69. The number of nitriles is 1. The van der Waals surface area contributed by atoms with E-state index in [-0.39, 0.29) is 29.2 Å². The second-order valence-corrected chi connectivity index (χ2v) is 7.63. The van der Waals surface area contributed by atoms with Gasteiger partial charge in [-0.15, -0.1) is 0 Å². The summed E-state index contributed by atoms with van der Waals surface area (Å²) in [7, 11) is 0. The molecular weight excluding hydrogens is 414 g/mol. The van der Waals surface area contributed by atoms with E-state index in [0.29, 0.717) is 16.4 Å². The van der Waals surface area contributed by atoms with Crippen molar-refractivity contribution < 1.29 is 0 Å². The summed E-state index contributed by atoms with van der Waals surface area (Å²) in [4.78, 5) is 12.8. The molecule has 0 unspecified atom stereocenters. The van der Waals surface area contributed by atoms with Crippen LogP contribution in [0.1, 0.15) is 35.3 Å². The van der Waals surface area contributed by atoms with E-state index >= 15 is 0 Å². The van der Waals surface area contributed by atoms with Crippen LogP contribution in [0.2, 0.25) is 5.02 Å². The first-order valence-corrected chi connectivity index (χ1v) is 9.88. The van der Waals surface area contributed by atoms with Gasteiger partial charge in [-0.1, -0.05) is 35.4 Å². The fraction of sp³-hybridized carbons (Fsp3) is 0.190. The van der Waals surface area contributed by atoms with Gasteiger partial charge in [0.2, 0.25) is 5.95 Å². The maximum Gasteiger partial charge on any atom is 0.224 e. The zero-order valence-corrected chi connectivity index (χ0v) is 17.9. The van der Waals surface area contributed by atoms with Gasteiger partial charge in [-0.05, 0) is 26.8 Å². The topological polar surface area (TPSA) is 144 Å². The minimum atomic E-state index is -0.323. The molecule has 3 aromatic heterocycles. The predicted molar refractivity (Wildman–Crippen MR) is 121 cm³/mol. The number of rotatable bonds is 4. The van der Waals surface area contributed by atoms with Crippen molar-refractivity contribution in [2.75, 3.05) is 16.8 Å². The number of fused-ring (bicyclic) bond motifs is 1. The lowest BCUT2D eigenvalue weighted by Crippen LogP contribution is -2.15. The highest BCUT2D eigenvalue weighted by Gasteiger charge is 2.21. The average molecular weight is 434 g/mol. The highest BCUT2D eigenvalue weighted by atomic mass is 35.5. The summed E-state index contributed by atoms with van der Waals surface area (Å²) < 4.78 is 1.65. The predicted octanol–water partition coefficient (Wildman–Crippen LogP) is 3.67. The van der Waals surface area contributed by atoms with Crippen LogP contribution in [0.5, 0.6) is 0 Å². The quantitative estimate of drug-likeness (QED) is 0.442. The molecule has 31 heavy (non-hydrogen) atoms. The summed E-state index contributed by atoms with van der Waals surface area (Å²) in [6, 6.07) is 9.73. The molecule has 0 aliphatic rings. The van der Waals surface area contributed by atoms with Crippen LogP contribution >= 0.6 is 11.6 Å². The second kappa shape index (κ2) is 7.74. The molecule has 9 nitrogen and oxygen atoms in total. The Bertz CT molecular complexity index is 1350. The van der Waals surface area contributed by atoms with Gasteiger partial charge in [-0.3, -0.25) is 0 Å². The number of nitrogens with zero attached hydrogens (tertiary/aromatic N) is 6. The van der Waals surface area contributed by atoms with E-state index in [1.165, 1.54) is 0 Å². The first kappa shape index (κ1) is 20.4. The number of aromatic nitrogens is 5. The average Bonchev–Trinajstić information content (AvgIpc) is 3.00. The van der Waals surface area contributed by atoms with E-state index in [9.17, 15) is 5.26 Å². The molecule has 0 spiro atoms. The second-order valence-electron chi connectivity index (χ2n) is 7.25. The van der Waals surface area contributed by atoms with Gasteiger partial charge < -0.3 is 16.8 Å². The molecule has 0 aliphatic carbocycles. The van der Waals surface area contributed by atoms with Gasteiger partial charge >= 0.3 is 0 Å². The van der Waals surface area contributed by atoms with Crippen molar-refractivity contribution in [1.29, 1.82) is 5.26 Å². The highest BCUT2D eigenvalue weighted by Crippen LogP contribution is 2.32. The lowest BCUT2D eigenvalue weighted by molar-refractivity contribution is 0.826. The van der Waals surface area contributed by atoms with Crippen LogP contribution in [0, 0.1) is 25.2 Å². The van der Waals surface area contributed by atoms with E-state index in [1.54, 1.807) is 4.52 Å². The number of nitrogen functional groups attached to an aromatic ring is 2. The summed E-state index contributed by atoms with van der Waals surface area (Å²) in [6.07, 6.45) is 1.87. The summed E-state index contributed by atoms with van der Waals surface area (Å²) in [6.45, 7) is 5.77. The Kier molecular flexibility index (Phi) is 5.09. The number of hydrogen-bond donors (Lipinski definition) is 3. The van der Waals surface area contributed by atoms with Crippen molar-refractivity contribution in [3.05, 3.63) is 57.9 Å². The Labute approximate surface area is 183 Å². The first-order valence-electron chi connectivity index (χ1n) is 9.50. The molecule has 3 heterocycles. The minimum absolute atomic E-state index is 0.0201. The number of benzene rings is 1. The molecule has 5 N–H and O–H groups in total. The summed E-state index contributed by atoms with van der Waals surface area (Å²) >= 11 is 6.43. The van der Waals surface area contributed by atoms with Crippen molar-refractivity contribution in [1.82, 2.24) is 24.6 Å². The monoisotopic (exact) mass is 433 g/mol. The molecule has 0 aliphatic heterocycles. The van der Waals surface area contributed by atoms with Crippen LogP contribution in [-0.2, 0) is 0 Å². The Morgan fingerprint density at radius 1 is 1.19 bits per heavy atom. The molecule has 1 atom stereocenters. The Hall–Kier alpha value is -3.90. The van der Waals surface area contributed by atoms with Crippen LogP contribution < -0.4 is 16.8 Å². The van der Waals surface area contributed by atoms with Crippen LogP contribution in [-0.4, -0.2) is 24.6 Å². The number of nitrogens with one attached hydrogen (secondary N) is 1. The molecule has 0 saturated carbocycles. The zero-order valence-electron chi connectivity index (χ0n) is 17.2. The summed E-state index contributed by atoms with van der Waals surface area (Å²) in [5.74, 6) is 0.254. The lowest BCUT2D eigenvalue weighted by atomic mass is 10.0. The molecule has 156 valence electrons. The molecule has 0 fully saturated rings. The molecule has 0 bridgehead atoms. The molecule has 1 aromatic carbocycles. The van der Waals surface area contributed by atoms with Crippen molar-refractivity contribution in [3.8, 4) is 17.3 Å². The van der Waals surface area contributed by atoms with Gasteiger partial charge in [0.05, 0.1) is 17.4 Å². The van der Waals surface area contributed by atoms with Crippen molar-refractivity contribution in [2.45, 2.75) is 26.8 Å². The number of hydrogen-bond acceptors (Lipinski definition) is 8. The Balaban J connectivity index is 1.88. The van der Waals surface area contributed by atoms with E-state index in [1.807, 2.05) is 57.3 Å². The minimum Gasteiger partial charge on any atom is -0.382 e. The third-order valence-electron chi connectivity index (χ3n) is 4.92. The smallest absolute Gasteiger partial charge is 0.224 e. The molecule has 10 heteroatoms. The molecule has 0 saturated heterocycles. The van der Waals surface area contributed by atoms with Gasteiger partial charge in [0, 0.05) is 17.3 Å². The lowest BCUT2D eigenvalue weighted by Gasteiger charge is -2.19. The van der Waals surface area contributed by atoms with E-state index in [2.05, 4.69) is 20.4 Å². The van der Waals surface area contributed by atoms with Gasteiger partial charge in [0.25, 0.3) is 0 Å². The molecule has 4 rings (SSSR count). The van der Waals surface area contributed by atoms with Crippen LogP contribution in [0.25, 0.3) is 16.9 Å². The summed E-state index contributed by atoms with van der Waals surface area (Å²) in [5.41, 5.74) is 16.6. The van der Waals surface area contributed by atoms with Crippen molar-refractivity contribution in [3.63, 3.8) is 0 Å². The van der Waals surface area contributed by atoms with Gasteiger partial charge in [0.15, 0.2) is 11.5 Å². The van der Waals surface area contributed by atoms with Gasteiger partial charge in [-0.2, -0.15) is 20.3 Å². The first-order chi connectivity index (χ1) is 14.8. The van der Waals surface area contributed by atoms with Crippen LogP contribution in [0.3, 0.4) is 0 Å². The number of anilines is 3. The van der Waals surface area contributed by atoms with Gasteiger partial charge in [0.1, 0.15) is 22.5 Å². The molecule has 0 amide bonds. The number of halogens is 1. The van der Waals surface area contributed by atoms with Crippen LogP contribution in [0.4, 0.5) is 17.6 Å². The SMILES string of the molecule is Cc1cccc(-c2nc3c(Cl)c(C)nn3cc2[C@H](C)Nc2nc(N)nc(N)c2C#N)c1. The maximum atomic E-state index is 9.48. The largest absolute Gasteiger partial charge is 0.382 e. The zero-order chi connectivity index (χ0) is 22.3. The van der Waals surface area contributed by atoms with E-state index in [4.69, 9.17) is 28.1 Å². The number of aryl methyl sites for hydroxylation is 2. The fourth-order valence-electron chi connectivity index (χ4n) is 3.40. The highest BCUT2D eigenvalue weighted by molar-refractivity contribution is 6.34. The Morgan fingerprint density at radius 3 is 2.68 bits per heavy atom. The third-order valence-corrected chi connectivity index (χ3v) is 5.36. The number of nitrogens with two attached hydrogens (primary N) is 2. The van der Waals surface area contributed by atoms with E-state index < -0.39 is 0 Å². The van der Waals surface area contributed by atoms with Crippen molar-refractivity contribution >= 4 is 34.8 Å². The fourth-order valence-corrected chi connectivity index (χ4v) is 3.57. The van der Waals surface area contributed by atoms with Crippen molar-refractivity contribution in [2.24, 2.45) is 0 Å². The van der Waals surface area contributed by atoms with Crippen LogP contribution in [0.15, 0.2) is 30.5 Å². The normalized spacial score (nSPS) is 12.0. The maximum absolute atomic E-state index is 9.48. The molecule has 0 radical (unpaired) electrons. The standard InChI is InChI=1S/C21H20ClN9/c1-10-5-4-6-13(7-10)17-15(9-31-20(27-17)16(22)12(3)30-31)11(2)26-19-14(8-23)18(24)28-21(25)29-19/h4-7,9,11H,1-3H3,(H5,24,25,26,28,29)/t11-/m0/s1. The van der Waals surface area contributed by atoms with Gasteiger partial charge in [-0.25, -0.2) is 9.50 Å². The summed E-state index contributed by atoms with van der Waals surface area (Å²) in [5, 5.41) is 17.7. The molecular formula is C21H20ClN9. The molecule has 4 aromatic rings. The van der Waals surface area contributed by atoms with E-state index in [0.717, 1.165) is 22.4 Å².